The van der Waals surface area contributed by atoms with Crippen molar-refractivity contribution in [3.63, 3.8) is 0 Å². The minimum absolute atomic E-state index is 0. The largest absolute Gasteiger partial charge is 0.489 e. The number of benzene rings is 1. The number of para-hydroxylation sites is 1. The number of nitrogens with zero attached hydrogens (tertiary/aromatic N) is 3. The second-order valence-electron chi connectivity index (χ2n) is 7.14. The maximum absolute atomic E-state index is 5.72. The van der Waals surface area contributed by atoms with Gasteiger partial charge in [-0.3, -0.25) is 4.99 Å². The summed E-state index contributed by atoms with van der Waals surface area (Å²) in [5.74, 6) is 2.56. The summed E-state index contributed by atoms with van der Waals surface area (Å²) in [6, 6.07) is 12.1. The molecule has 0 radical (unpaired) electrons. The monoisotopic (exact) mass is 537 g/mol. The van der Waals surface area contributed by atoms with Gasteiger partial charge in [-0.2, -0.15) is 0 Å². The first-order valence-electron chi connectivity index (χ1n) is 10.3. The lowest BCUT2D eigenvalue weighted by molar-refractivity contribution is 0.0529. The van der Waals surface area contributed by atoms with Gasteiger partial charge in [-0.1, -0.05) is 30.9 Å². The molecule has 0 aliphatic carbocycles. The lowest BCUT2D eigenvalue weighted by Gasteiger charge is -2.32. The fraction of sp³-hybridized carbons (Fsp3) is 0.391. The molecule has 31 heavy (non-hydrogen) atoms. The van der Waals surface area contributed by atoms with Gasteiger partial charge in [0.2, 0.25) is 0 Å². The SMILES string of the molecule is C=CCOc1ccccc1CNC(=NC)NCc1ccnc(N2CCOC(C)C2)c1.I. The van der Waals surface area contributed by atoms with Crippen LogP contribution in [0.4, 0.5) is 5.82 Å². The van der Waals surface area contributed by atoms with Crippen molar-refractivity contribution in [2.45, 2.75) is 26.1 Å². The molecule has 1 aromatic carbocycles. The van der Waals surface area contributed by atoms with Gasteiger partial charge in [-0.25, -0.2) is 4.98 Å². The molecule has 3 rings (SSSR count). The fourth-order valence-corrected chi connectivity index (χ4v) is 3.29. The van der Waals surface area contributed by atoms with Crippen molar-refractivity contribution in [3.8, 4) is 5.75 Å². The molecule has 168 valence electrons. The number of rotatable bonds is 8. The van der Waals surface area contributed by atoms with E-state index in [0.29, 0.717) is 19.7 Å². The first-order valence-corrected chi connectivity index (χ1v) is 10.3. The topological polar surface area (TPSA) is 71.0 Å². The smallest absolute Gasteiger partial charge is 0.191 e. The summed E-state index contributed by atoms with van der Waals surface area (Å²) in [4.78, 5) is 11.1. The molecule has 2 aromatic rings. The summed E-state index contributed by atoms with van der Waals surface area (Å²) in [7, 11) is 1.77. The second kappa shape index (κ2) is 13.2. The van der Waals surface area contributed by atoms with Crippen molar-refractivity contribution >= 4 is 35.8 Å². The van der Waals surface area contributed by atoms with Crippen molar-refractivity contribution < 1.29 is 9.47 Å². The van der Waals surface area contributed by atoms with Gasteiger partial charge in [-0.05, 0) is 30.7 Å². The first-order chi connectivity index (χ1) is 14.7. The molecule has 0 saturated carbocycles. The quantitative estimate of drug-likeness (QED) is 0.233. The number of pyridine rings is 1. The lowest BCUT2D eigenvalue weighted by atomic mass is 10.2. The molecule has 0 bridgehead atoms. The Morgan fingerprint density at radius 1 is 1.32 bits per heavy atom. The van der Waals surface area contributed by atoms with Crippen LogP contribution in [0.2, 0.25) is 0 Å². The zero-order valence-corrected chi connectivity index (χ0v) is 20.5. The van der Waals surface area contributed by atoms with Gasteiger partial charge in [0.25, 0.3) is 0 Å². The molecule has 1 aliphatic rings. The molecular formula is C23H32IN5O2. The molecule has 1 atom stereocenters. The Labute approximate surface area is 202 Å². The summed E-state index contributed by atoms with van der Waals surface area (Å²) in [6.07, 6.45) is 3.82. The van der Waals surface area contributed by atoms with Gasteiger partial charge in [-0.15, -0.1) is 24.0 Å². The highest BCUT2D eigenvalue weighted by molar-refractivity contribution is 14.0. The Morgan fingerprint density at radius 2 is 2.13 bits per heavy atom. The first kappa shape index (κ1) is 24.9. The van der Waals surface area contributed by atoms with E-state index in [-0.39, 0.29) is 30.1 Å². The van der Waals surface area contributed by atoms with Crippen LogP contribution in [0.5, 0.6) is 5.75 Å². The number of aromatic nitrogens is 1. The van der Waals surface area contributed by atoms with Crippen LogP contribution in [0.25, 0.3) is 0 Å². The summed E-state index contributed by atoms with van der Waals surface area (Å²) in [6.45, 7) is 10.0. The molecular weight excluding hydrogens is 505 g/mol. The van der Waals surface area contributed by atoms with E-state index in [1.807, 2.05) is 36.5 Å². The van der Waals surface area contributed by atoms with Crippen molar-refractivity contribution in [2.75, 3.05) is 38.3 Å². The number of halogens is 1. The number of anilines is 1. The van der Waals surface area contributed by atoms with Crippen LogP contribution >= 0.6 is 24.0 Å². The van der Waals surface area contributed by atoms with Gasteiger partial charge in [0.1, 0.15) is 18.2 Å². The Hall–Kier alpha value is -2.33. The van der Waals surface area contributed by atoms with E-state index in [9.17, 15) is 0 Å². The highest BCUT2D eigenvalue weighted by Crippen LogP contribution is 2.18. The number of hydrogen-bond donors (Lipinski definition) is 2. The van der Waals surface area contributed by atoms with E-state index < -0.39 is 0 Å². The highest BCUT2D eigenvalue weighted by Gasteiger charge is 2.18. The number of morpholine rings is 1. The molecule has 0 amide bonds. The summed E-state index contributed by atoms with van der Waals surface area (Å²) < 4.78 is 11.3. The van der Waals surface area contributed by atoms with Gasteiger partial charge in [0.05, 0.1) is 12.7 Å². The van der Waals surface area contributed by atoms with Gasteiger partial charge < -0.3 is 25.0 Å². The van der Waals surface area contributed by atoms with Crippen molar-refractivity contribution in [3.05, 3.63) is 66.4 Å². The van der Waals surface area contributed by atoms with E-state index in [2.05, 4.69) is 45.1 Å². The third-order valence-corrected chi connectivity index (χ3v) is 4.83. The molecule has 8 heteroatoms. The number of guanidine groups is 1. The molecule has 1 fully saturated rings. The molecule has 0 spiro atoms. The summed E-state index contributed by atoms with van der Waals surface area (Å²) in [5.41, 5.74) is 2.21. The second-order valence-corrected chi connectivity index (χ2v) is 7.14. The van der Waals surface area contributed by atoms with Gasteiger partial charge in [0.15, 0.2) is 5.96 Å². The normalized spacial score (nSPS) is 16.3. The zero-order valence-electron chi connectivity index (χ0n) is 18.2. The average molecular weight is 537 g/mol. The van der Waals surface area contributed by atoms with Crippen LogP contribution in [0.1, 0.15) is 18.1 Å². The molecule has 2 heterocycles. The number of ether oxygens (including phenoxy) is 2. The number of nitrogens with one attached hydrogen (secondary N) is 2. The third kappa shape index (κ3) is 7.70. The highest BCUT2D eigenvalue weighted by atomic mass is 127. The van der Waals surface area contributed by atoms with Crippen LogP contribution < -0.4 is 20.3 Å². The lowest BCUT2D eigenvalue weighted by Crippen LogP contribution is -2.41. The van der Waals surface area contributed by atoms with Crippen LogP contribution in [0.3, 0.4) is 0 Å². The maximum Gasteiger partial charge on any atom is 0.191 e. The Kier molecular flexibility index (Phi) is 10.6. The van der Waals surface area contributed by atoms with Gasteiger partial charge >= 0.3 is 0 Å². The van der Waals surface area contributed by atoms with E-state index in [1.165, 1.54) is 0 Å². The summed E-state index contributed by atoms with van der Waals surface area (Å²) >= 11 is 0. The molecule has 7 nitrogen and oxygen atoms in total. The average Bonchev–Trinajstić information content (AvgIpc) is 2.78. The van der Waals surface area contributed by atoms with E-state index >= 15 is 0 Å². The molecule has 2 N–H and O–H groups in total. The zero-order chi connectivity index (χ0) is 21.2. The van der Waals surface area contributed by atoms with Crippen LogP contribution in [-0.2, 0) is 17.8 Å². The van der Waals surface area contributed by atoms with Crippen molar-refractivity contribution in [2.24, 2.45) is 4.99 Å². The molecule has 1 aromatic heterocycles. The minimum atomic E-state index is 0. The fourth-order valence-electron chi connectivity index (χ4n) is 3.29. The van der Waals surface area contributed by atoms with Crippen molar-refractivity contribution in [1.82, 2.24) is 15.6 Å². The Morgan fingerprint density at radius 3 is 2.90 bits per heavy atom. The molecule has 1 saturated heterocycles. The number of hydrogen-bond acceptors (Lipinski definition) is 5. The van der Waals surface area contributed by atoms with E-state index in [1.54, 1.807) is 13.1 Å². The Bertz CT molecular complexity index is 861. The van der Waals surface area contributed by atoms with Crippen LogP contribution in [0, 0.1) is 0 Å². The minimum Gasteiger partial charge on any atom is -0.489 e. The molecule has 1 unspecified atom stereocenters. The predicted octanol–water partition coefficient (Wildman–Crippen LogP) is 3.35. The summed E-state index contributed by atoms with van der Waals surface area (Å²) in [5, 5.41) is 6.72. The number of aliphatic imine (C=N–C) groups is 1. The van der Waals surface area contributed by atoms with Crippen LogP contribution in [0.15, 0.2) is 60.2 Å². The van der Waals surface area contributed by atoms with Crippen LogP contribution in [-0.4, -0.2) is 50.4 Å². The van der Waals surface area contributed by atoms with Gasteiger partial charge in [0, 0.05) is 45.0 Å². The standard InChI is InChI=1S/C23H31N5O2.HI/c1-4-12-30-21-8-6-5-7-20(21)16-27-23(24-3)26-15-19-9-10-25-22(14-19)28-11-13-29-18(2)17-28;/h4-10,14,18H,1,11-13,15-17H2,2-3H3,(H2,24,26,27);1H. The van der Waals surface area contributed by atoms with E-state index in [0.717, 1.165) is 48.4 Å². The molecule has 1 aliphatic heterocycles. The maximum atomic E-state index is 5.72. The Balaban J connectivity index is 0.00000341. The predicted molar refractivity (Wildman–Crippen MR) is 136 cm³/mol. The van der Waals surface area contributed by atoms with Crippen molar-refractivity contribution in [1.29, 1.82) is 0 Å². The third-order valence-electron chi connectivity index (χ3n) is 4.83. The van der Waals surface area contributed by atoms with E-state index in [4.69, 9.17) is 9.47 Å².